The van der Waals surface area contributed by atoms with Crippen LogP contribution in [0.3, 0.4) is 0 Å². The molecule has 0 atom stereocenters. The number of rotatable bonds is 2. The predicted octanol–water partition coefficient (Wildman–Crippen LogP) is 10.8. The maximum atomic E-state index is 2.40. The average molecular weight is 481 g/mol. The van der Waals surface area contributed by atoms with Gasteiger partial charge >= 0.3 is 0 Å². The van der Waals surface area contributed by atoms with Gasteiger partial charge in [0.2, 0.25) is 0 Å². The molecule has 0 unspecified atom stereocenters. The molecule has 0 saturated carbocycles. The maximum Gasteiger partial charge on any atom is -0.00199 e. The molecule has 8 rings (SSSR count). The minimum atomic E-state index is 1.25. The van der Waals surface area contributed by atoms with Crippen LogP contribution in [-0.2, 0) is 0 Å². The zero-order chi connectivity index (χ0) is 25.1. The van der Waals surface area contributed by atoms with Crippen molar-refractivity contribution in [2.75, 3.05) is 0 Å². The fourth-order valence-electron chi connectivity index (χ4n) is 6.25. The number of benzene rings is 8. The quantitative estimate of drug-likeness (QED) is 0.216. The smallest absolute Gasteiger partial charge is 0.00199 e. The van der Waals surface area contributed by atoms with Gasteiger partial charge in [-0.05, 0) is 94.3 Å². The van der Waals surface area contributed by atoms with Crippen molar-refractivity contribution >= 4 is 53.9 Å². The first-order valence-corrected chi connectivity index (χ1v) is 13.2. The van der Waals surface area contributed by atoms with Crippen LogP contribution in [0.25, 0.3) is 76.1 Å². The molecule has 0 amide bonds. The molecule has 0 aliphatic carbocycles. The Morgan fingerprint density at radius 1 is 0.263 bits per heavy atom. The van der Waals surface area contributed by atoms with E-state index in [1.54, 1.807) is 0 Å². The van der Waals surface area contributed by atoms with Gasteiger partial charge in [-0.1, -0.05) is 127 Å². The molecule has 176 valence electrons. The lowest BCUT2D eigenvalue weighted by Gasteiger charge is -2.20. The summed E-state index contributed by atoms with van der Waals surface area (Å²) in [4.78, 5) is 0. The van der Waals surface area contributed by atoms with Gasteiger partial charge in [-0.15, -0.1) is 0 Å². The summed E-state index contributed by atoms with van der Waals surface area (Å²) in [6.45, 7) is 0. The van der Waals surface area contributed by atoms with Gasteiger partial charge in [-0.25, -0.2) is 0 Å². The molecule has 0 aromatic heterocycles. The molecule has 0 spiro atoms. The van der Waals surface area contributed by atoms with Gasteiger partial charge < -0.3 is 0 Å². The molecular formula is C38H24. The van der Waals surface area contributed by atoms with Crippen LogP contribution in [0.2, 0.25) is 0 Å². The molecule has 0 radical (unpaired) electrons. The highest BCUT2D eigenvalue weighted by Gasteiger charge is 2.18. The molecule has 0 nitrogen and oxygen atoms in total. The molecule has 0 heterocycles. The van der Waals surface area contributed by atoms with E-state index in [9.17, 15) is 0 Å². The highest BCUT2D eigenvalue weighted by molar-refractivity contribution is 6.25. The van der Waals surface area contributed by atoms with Crippen LogP contribution >= 0.6 is 0 Å². The van der Waals surface area contributed by atoms with Gasteiger partial charge in [-0.3, -0.25) is 0 Å². The molecule has 0 fully saturated rings. The van der Waals surface area contributed by atoms with Crippen LogP contribution in [0.15, 0.2) is 146 Å². The monoisotopic (exact) mass is 480 g/mol. The van der Waals surface area contributed by atoms with E-state index in [-0.39, 0.29) is 0 Å². The second-order valence-corrected chi connectivity index (χ2v) is 10.1. The fraction of sp³-hybridized carbons (Fsp3) is 0. The lowest BCUT2D eigenvalue weighted by atomic mass is 9.83. The summed E-state index contributed by atoms with van der Waals surface area (Å²) in [7, 11) is 0. The molecule has 0 bridgehead atoms. The Balaban J connectivity index is 1.60. The summed E-state index contributed by atoms with van der Waals surface area (Å²) < 4.78 is 0. The van der Waals surface area contributed by atoms with E-state index in [1.807, 2.05) is 0 Å². The average Bonchev–Trinajstić information content (AvgIpc) is 2.98. The fourth-order valence-corrected chi connectivity index (χ4v) is 6.25. The summed E-state index contributed by atoms with van der Waals surface area (Å²) in [5.74, 6) is 0. The largest absolute Gasteiger partial charge is 0.0616 e. The van der Waals surface area contributed by atoms with E-state index in [2.05, 4.69) is 146 Å². The number of fused-ring (bicyclic) bond motifs is 5. The summed E-state index contributed by atoms with van der Waals surface area (Å²) >= 11 is 0. The molecule has 0 aliphatic heterocycles. The third-order valence-electron chi connectivity index (χ3n) is 7.99. The minimum absolute atomic E-state index is 1.25. The van der Waals surface area contributed by atoms with Crippen LogP contribution in [0.1, 0.15) is 0 Å². The van der Waals surface area contributed by atoms with Gasteiger partial charge in [0.05, 0.1) is 0 Å². The first-order valence-electron chi connectivity index (χ1n) is 13.2. The molecular weight excluding hydrogens is 456 g/mol. The van der Waals surface area contributed by atoms with E-state index < -0.39 is 0 Å². The van der Waals surface area contributed by atoms with Crippen LogP contribution in [0, 0.1) is 0 Å². The maximum absolute atomic E-state index is 2.40. The van der Waals surface area contributed by atoms with Crippen LogP contribution in [-0.4, -0.2) is 0 Å². The lowest BCUT2D eigenvalue weighted by molar-refractivity contribution is 1.69. The third-order valence-corrected chi connectivity index (χ3v) is 7.99. The molecule has 0 heteroatoms. The normalized spacial score (nSPS) is 11.7. The van der Waals surface area contributed by atoms with Crippen LogP contribution < -0.4 is 0 Å². The Labute approximate surface area is 221 Å². The Kier molecular flexibility index (Phi) is 4.62. The first-order chi connectivity index (χ1) is 18.8. The van der Waals surface area contributed by atoms with E-state index in [0.29, 0.717) is 0 Å². The van der Waals surface area contributed by atoms with Crippen molar-refractivity contribution in [1.82, 2.24) is 0 Å². The zero-order valence-electron chi connectivity index (χ0n) is 20.9. The highest BCUT2D eigenvalue weighted by atomic mass is 14.2. The molecule has 0 aliphatic rings. The topological polar surface area (TPSA) is 0 Å². The summed E-state index contributed by atoms with van der Waals surface area (Å²) in [5.41, 5.74) is 5.15. The summed E-state index contributed by atoms with van der Waals surface area (Å²) in [5, 5.41) is 12.8. The Hall–Kier alpha value is -4.94. The Morgan fingerprint density at radius 3 is 1.47 bits per heavy atom. The van der Waals surface area contributed by atoms with Gasteiger partial charge in [0.25, 0.3) is 0 Å². The van der Waals surface area contributed by atoms with Crippen molar-refractivity contribution in [2.45, 2.75) is 0 Å². The number of hydrogen-bond donors (Lipinski definition) is 0. The molecule has 8 aromatic rings. The Morgan fingerprint density at radius 2 is 0.763 bits per heavy atom. The van der Waals surface area contributed by atoms with Gasteiger partial charge in [-0.2, -0.15) is 0 Å². The third kappa shape index (κ3) is 3.17. The first kappa shape index (κ1) is 21.2. The van der Waals surface area contributed by atoms with Crippen LogP contribution in [0.4, 0.5) is 0 Å². The van der Waals surface area contributed by atoms with Crippen molar-refractivity contribution < 1.29 is 0 Å². The predicted molar refractivity (Wildman–Crippen MR) is 165 cm³/mol. The molecule has 0 saturated heterocycles. The van der Waals surface area contributed by atoms with E-state index in [4.69, 9.17) is 0 Å². The van der Waals surface area contributed by atoms with Crippen molar-refractivity contribution in [3.05, 3.63) is 146 Å². The Bertz CT molecular complexity index is 2180. The van der Waals surface area contributed by atoms with Gasteiger partial charge in [0.15, 0.2) is 0 Å². The van der Waals surface area contributed by atoms with Crippen molar-refractivity contribution in [1.29, 1.82) is 0 Å². The lowest BCUT2D eigenvalue weighted by Crippen LogP contribution is -1.92. The minimum Gasteiger partial charge on any atom is -0.0616 e. The second-order valence-electron chi connectivity index (χ2n) is 10.1. The van der Waals surface area contributed by atoms with E-state index >= 15 is 0 Å². The standard InChI is InChI=1S/C38H24/c1-2-12-27-22-30(21-20-25(27)10-1)37-33-17-7-8-18-34(33)38(32-19-9-15-26-11-5-6-16-31(26)32)36-24-29-14-4-3-13-28(29)23-35(36)37/h1-24H. The van der Waals surface area contributed by atoms with Gasteiger partial charge in [0.1, 0.15) is 0 Å². The molecule has 8 aromatic carbocycles. The van der Waals surface area contributed by atoms with Crippen molar-refractivity contribution in [3.63, 3.8) is 0 Å². The van der Waals surface area contributed by atoms with Crippen LogP contribution in [0.5, 0.6) is 0 Å². The second kappa shape index (κ2) is 8.30. The van der Waals surface area contributed by atoms with E-state index in [0.717, 1.165) is 0 Å². The van der Waals surface area contributed by atoms with Crippen molar-refractivity contribution in [3.8, 4) is 22.3 Å². The summed E-state index contributed by atoms with van der Waals surface area (Å²) in [6, 6.07) is 53.4. The van der Waals surface area contributed by atoms with Crippen molar-refractivity contribution in [2.24, 2.45) is 0 Å². The zero-order valence-corrected chi connectivity index (χ0v) is 20.9. The molecule has 38 heavy (non-hydrogen) atoms. The SMILES string of the molecule is c1ccc2cc(-c3c4ccccc4c(-c4cccc5ccccc45)c4cc5ccccc5cc34)ccc2c1. The van der Waals surface area contributed by atoms with Gasteiger partial charge in [0, 0.05) is 0 Å². The highest BCUT2D eigenvalue weighted by Crippen LogP contribution is 2.46. The summed E-state index contributed by atoms with van der Waals surface area (Å²) in [6.07, 6.45) is 0. The van der Waals surface area contributed by atoms with E-state index in [1.165, 1.54) is 76.1 Å². The number of hydrogen-bond acceptors (Lipinski definition) is 0. The molecule has 0 N–H and O–H groups in total.